The Hall–Kier alpha value is -0.890. The molecule has 0 saturated heterocycles. The van der Waals surface area contributed by atoms with Crippen LogP contribution >= 0.6 is 0 Å². The van der Waals surface area contributed by atoms with Crippen molar-refractivity contribution in [3.63, 3.8) is 0 Å². The van der Waals surface area contributed by atoms with Crippen LogP contribution in [0.3, 0.4) is 0 Å². The SMILES string of the molecule is C=C/C(=C\N=C(C)C)CO. The Bertz CT molecular complexity index is 164. The number of aliphatic hydroxyl groups excluding tert-OH is 1. The lowest BCUT2D eigenvalue weighted by atomic mass is 10.3. The molecule has 0 aromatic carbocycles. The van der Waals surface area contributed by atoms with Crippen molar-refractivity contribution in [3.05, 3.63) is 24.4 Å². The van der Waals surface area contributed by atoms with Crippen LogP contribution in [-0.2, 0) is 0 Å². The topological polar surface area (TPSA) is 32.6 Å². The van der Waals surface area contributed by atoms with Crippen LogP contribution in [0.25, 0.3) is 0 Å². The normalized spacial score (nSPS) is 10.9. The van der Waals surface area contributed by atoms with Gasteiger partial charge >= 0.3 is 0 Å². The van der Waals surface area contributed by atoms with Gasteiger partial charge in [0.25, 0.3) is 0 Å². The first kappa shape index (κ1) is 9.11. The summed E-state index contributed by atoms with van der Waals surface area (Å²) < 4.78 is 0. The monoisotopic (exact) mass is 139 g/mol. The molecule has 0 aliphatic carbocycles. The van der Waals surface area contributed by atoms with Crippen molar-refractivity contribution in [3.8, 4) is 0 Å². The zero-order valence-electron chi connectivity index (χ0n) is 6.46. The molecule has 0 heterocycles. The predicted molar refractivity (Wildman–Crippen MR) is 44.1 cm³/mol. The van der Waals surface area contributed by atoms with Crippen LogP contribution in [0.1, 0.15) is 13.8 Å². The van der Waals surface area contributed by atoms with Crippen LogP contribution in [-0.4, -0.2) is 17.4 Å². The zero-order chi connectivity index (χ0) is 7.98. The molecule has 0 bridgehead atoms. The van der Waals surface area contributed by atoms with E-state index in [9.17, 15) is 0 Å². The Balaban J connectivity index is 4.12. The Morgan fingerprint density at radius 2 is 2.20 bits per heavy atom. The van der Waals surface area contributed by atoms with Crippen LogP contribution in [0, 0.1) is 0 Å². The molecule has 2 heteroatoms. The van der Waals surface area contributed by atoms with Gasteiger partial charge in [-0.3, -0.25) is 4.99 Å². The molecule has 1 N–H and O–H groups in total. The lowest BCUT2D eigenvalue weighted by Gasteiger charge is -1.91. The molecule has 56 valence electrons. The van der Waals surface area contributed by atoms with Crippen LogP contribution in [0.4, 0.5) is 0 Å². The number of hydrogen-bond donors (Lipinski definition) is 1. The highest BCUT2D eigenvalue weighted by Crippen LogP contribution is 1.93. The van der Waals surface area contributed by atoms with E-state index < -0.39 is 0 Å². The maximum atomic E-state index is 8.63. The van der Waals surface area contributed by atoms with Crippen LogP contribution < -0.4 is 0 Å². The van der Waals surface area contributed by atoms with Crippen molar-refractivity contribution in [2.75, 3.05) is 6.61 Å². The summed E-state index contributed by atoms with van der Waals surface area (Å²) in [4.78, 5) is 3.99. The summed E-state index contributed by atoms with van der Waals surface area (Å²) in [5, 5.41) is 8.63. The van der Waals surface area contributed by atoms with Gasteiger partial charge in [-0.1, -0.05) is 12.7 Å². The molecule has 2 nitrogen and oxygen atoms in total. The van der Waals surface area contributed by atoms with Crippen LogP contribution in [0.15, 0.2) is 29.4 Å². The van der Waals surface area contributed by atoms with Gasteiger partial charge in [-0.15, -0.1) is 0 Å². The maximum absolute atomic E-state index is 8.63. The second-order valence-electron chi connectivity index (χ2n) is 2.14. The molecule has 0 aromatic heterocycles. The molecule has 0 aromatic rings. The van der Waals surface area contributed by atoms with Gasteiger partial charge in [0.05, 0.1) is 6.61 Å². The highest BCUT2D eigenvalue weighted by atomic mass is 16.3. The molecule has 0 aliphatic heterocycles. The van der Waals surface area contributed by atoms with Gasteiger partial charge < -0.3 is 5.11 Å². The number of hydrogen-bond acceptors (Lipinski definition) is 2. The van der Waals surface area contributed by atoms with E-state index in [0.29, 0.717) is 0 Å². The summed E-state index contributed by atoms with van der Waals surface area (Å²) in [6.45, 7) is 7.31. The second kappa shape index (κ2) is 4.94. The van der Waals surface area contributed by atoms with Gasteiger partial charge in [0.15, 0.2) is 0 Å². The Kier molecular flexibility index (Phi) is 4.50. The first-order valence-corrected chi connectivity index (χ1v) is 3.14. The van der Waals surface area contributed by atoms with Gasteiger partial charge in [0.1, 0.15) is 0 Å². The molecular weight excluding hydrogens is 126 g/mol. The Labute approximate surface area is 61.6 Å². The van der Waals surface area contributed by atoms with E-state index in [1.807, 2.05) is 13.8 Å². The molecule has 0 amide bonds. The van der Waals surface area contributed by atoms with E-state index in [4.69, 9.17) is 5.11 Å². The third-order valence-corrected chi connectivity index (χ3v) is 0.933. The van der Waals surface area contributed by atoms with E-state index in [1.165, 1.54) is 0 Å². The summed E-state index contributed by atoms with van der Waals surface area (Å²) in [7, 11) is 0. The van der Waals surface area contributed by atoms with Crippen molar-refractivity contribution < 1.29 is 5.11 Å². The summed E-state index contributed by atoms with van der Waals surface area (Å²) in [6, 6.07) is 0. The summed E-state index contributed by atoms with van der Waals surface area (Å²) in [5.41, 5.74) is 1.70. The lowest BCUT2D eigenvalue weighted by Crippen LogP contribution is -1.85. The lowest BCUT2D eigenvalue weighted by molar-refractivity contribution is 0.335. The van der Waals surface area contributed by atoms with E-state index in [2.05, 4.69) is 11.6 Å². The van der Waals surface area contributed by atoms with Gasteiger partial charge in [-0.2, -0.15) is 0 Å². The molecule has 0 radical (unpaired) electrons. The van der Waals surface area contributed by atoms with E-state index >= 15 is 0 Å². The molecule has 0 saturated carbocycles. The molecule has 0 unspecified atom stereocenters. The smallest absolute Gasteiger partial charge is 0.0696 e. The molecule has 0 rings (SSSR count). The third-order valence-electron chi connectivity index (χ3n) is 0.933. The molecule has 10 heavy (non-hydrogen) atoms. The van der Waals surface area contributed by atoms with Crippen molar-refractivity contribution in [2.45, 2.75) is 13.8 Å². The fourth-order valence-corrected chi connectivity index (χ4v) is 0.370. The largest absolute Gasteiger partial charge is 0.392 e. The third kappa shape index (κ3) is 4.04. The van der Waals surface area contributed by atoms with Gasteiger partial charge in [0, 0.05) is 11.9 Å². The maximum Gasteiger partial charge on any atom is 0.0696 e. The predicted octanol–water partition coefficient (Wildman–Crippen LogP) is 1.53. The minimum absolute atomic E-state index is 0.000278. The number of rotatable bonds is 3. The van der Waals surface area contributed by atoms with E-state index in [0.717, 1.165) is 11.3 Å². The molecular formula is C8H13NO. The number of aliphatic imine (C=N–C) groups is 1. The van der Waals surface area contributed by atoms with Crippen molar-refractivity contribution in [2.24, 2.45) is 4.99 Å². The standard InChI is InChI=1S/C8H13NO/c1-4-8(6-10)5-9-7(2)3/h4-5,10H,1,6H2,2-3H3/b8-5+. The Morgan fingerprint density at radius 3 is 2.50 bits per heavy atom. The second-order valence-corrected chi connectivity index (χ2v) is 2.14. The van der Waals surface area contributed by atoms with E-state index in [1.54, 1.807) is 12.3 Å². The molecule has 0 spiro atoms. The van der Waals surface area contributed by atoms with Crippen LogP contribution in [0.2, 0.25) is 0 Å². The summed E-state index contributed by atoms with van der Waals surface area (Å²) >= 11 is 0. The first-order chi connectivity index (χ1) is 4.70. The quantitative estimate of drug-likeness (QED) is 0.466. The molecule has 0 fully saturated rings. The van der Waals surface area contributed by atoms with Crippen LogP contribution in [0.5, 0.6) is 0 Å². The Morgan fingerprint density at radius 1 is 1.60 bits per heavy atom. The molecule has 0 aliphatic rings. The van der Waals surface area contributed by atoms with Gasteiger partial charge in [-0.25, -0.2) is 0 Å². The van der Waals surface area contributed by atoms with E-state index in [-0.39, 0.29) is 6.61 Å². The fraction of sp³-hybridized carbons (Fsp3) is 0.375. The first-order valence-electron chi connectivity index (χ1n) is 3.14. The molecule has 0 atom stereocenters. The van der Waals surface area contributed by atoms with Gasteiger partial charge in [-0.05, 0) is 19.4 Å². The van der Waals surface area contributed by atoms with Gasteiger partial charge in [0.2, 0.25) is 0 Å². The average molecular weight is 139 g/mol. The number of aliphatic hydroxyl groups is 1. The fourth-order valence-electron chi connectivity index (χ4n) is 0.370. The average Bonchev–Trinajstić information content (AvgIpc) is 1.90. The minimum atomic E-state index is 0.000278. The van der Waals surface area contributed by atoms with Crippen molar-refractivity contribution in [1.29, 1.82) is 0 Å². The number of nitrogens with zero attached hydrogens (tertiary/aromatic N) is 1. The minimum Gasteiger partial charge on any atom is -0.392 e. The zero-order valence-corrected chi connectivity index (χ0v) is 6.46. The van der Waals surface area contributed by atoms with Crippen molar-refractivity contribution >= 4 is 5.71 Å². The summed E-state index contributed by atoms with van der Waals surface area (Å²) in [6.07, 6.45) is 3.20. The highest BCUT2D eigenvalue weighted by molar-refractivity contribution is 5.79. The summed E-state index contributed by atoms with van der Waals surface area (Å²) in [5.74, 6) is 0. The highest BCUT2D eigenvalue weighted by Gasteiger charge is 1.83. The van der Waals surface area contributed by atoms with Crippen molar-refractivity contribution in [1.82, 2.24) is 0 Å².